The van der Waals surface area contributed by atoms with Gasteiger partial charge in [-0.3, -0.25) is 9.89 Å². The van der Waals surface area contributed by atoms with Gasteiger partial charge in [0.15, 0.2) is 5.96 Å². The zero-order valence-electron chi connectivity index (χ0n) is 19.7. The van der Waals surface area contributed by atoms with Gasteiger partial charge >= 0.3 is 0 Å². The predicted octanol–water partition coefficient (Wildman–Crippen LogP) is 4.32. The number of hydrogen-bond acceptors (Lipinski definition) is 6. The standard InChI is InChI=1S/C23H35N5O2S.HI/c1-17(29-4)22-26-19(16-31-22)15-27(3)23(24-2)25-14-21(28-11-6-7-12-28)18-9-8-10-20(13-18)30-5;/h8-10,13,16-17,21H,6-7,11-12,14-15H2,1-5H3,(H,24,25);1H. The topological polar surface area (TPSA) is 62.2 Å². The van der Waals surface area contributed by atoms with E-state index < -0.39 is 0 Å². The van der Waals surface area contributed by atoms with Crippen molar-refractivity contribution in [1.29, 1.82) is 0 Å². The van der Waals surface area contributed by atoms with Gasteiger partial charge in [0.25, 0.3) is 0 Å². The van der Waals surface area contributed by atoms with Gasteiger partial charge in [0, 0.05) is 33.1 Å². The summed E-state index contributed by atoms with van der Waals surface area (Å²) in [6, 6.07) is 8.67. The molecule has 1 aromatic carbocycles. The molecule has 1 N–H and O–H groups in total. The van der Waals surface area contributed by atoms with Crippen molar-refractivity contribution in [3.8, 4) is 5.75 Å². The summed E-state index contributed by atoms with van der Waals surface area (Å²) in [5.74, 6) is 1.76. The van der Waals surface area contributed by atoms with Gasteiger partial charge in [-0.05, 0) is 50.6 Å². The summed E-state index contributed by atoms with van der Waals surface area (Å²) in [5, 5.41) is 6.68. The molecule has 1 aromatic heterocycles. The zero-order valence-corrected chi connectivity index (χ0v) is 22.9. The first kappa shape index (κ1) is 26.8. The summed E-state index contributed by atoms with van der Waals surface area (Å²) in [7, 11) is 7.30. The quantitative estimate of drug-likeness (QED) is 0.274. The van der Waals surface area contributed by atoms with Crippen LogP contribution in [0.25, 0.3) is 0 Å². The molecule has 178 valence electrons. The second kappa shape index (κ2) is 13.3. The van der Waals surface area contributed by atoms with E-state index in [2.05, 4.69) is 43.7 Å². The molecule has 32 heavy (non-hydrogen) atoms. The molecule has 2 heterocycles. The number of rotatable bonds is 9. The molecule has 9 heteroatoms. The van der Waals surface area contributed by atoms with E-state index in [0.717, 1.165) is 42.0 Å². The van der Waals surface area contributed by atoms with Crippen LogP contribution in [0.1, 0.15) is 48.2 Å². The molecule has 3 rings (SSSR count). The molecule has 0 saturated carbocycles. The molecule has 1 aliphatic heterocycles. The van der Waals surface area contributed by atoms with Crippen molar-refractivity contribution in [3.63, 3.8) is 0 Å². The van der Waals surface area contributed by atoms with Crippen LogP contribution >= 0.6 is 35.3 Å². The highest BCUT2D eigenvalue weighted by atomic mass is 127. The zero-order chi connectivity index (χ0) is 22.2. The van der Waals surface area contributed by atoms with Crippen molar-refractivity contribution in [3.05, 3.63) is 45.9 Å². The number of benzene rings is 1. The summed E-state index contributed by atoms with van der Waals surface area (Å²) < 4.78 is 10.8. The van der Waals surface area contributed by atoms with Gasteiger partial charge < -0.3 is 19.7 Å². The summed E-state index contributed by atoms with van der Waals surface area (Å²) in [4.78, 5) is 13.9. The lowest BCUT2D eigenvalue weighted by Crippen LogP contribution is -2.43. The average Bonchev–Trinajstić information content (AvgIpc) is 3.48. The lowest BCUT2D eigenvalue weighted by Gasteiger charge is -2.30. The highest BCUT2D eigenvalue weighted by molar-refractivity contribution is 14.0. The SMILES string of the molecule is CN=C(NCC(c1cccc(OC)c1)N1CCCC1)N(C)Cc1csc(C(C)OC)n1.I. The van der Waals surface area contributed by atoms with Crippen molar-refractivity contribution in [2.24, 2.45) is 4.99 Å². The number of likely N-dealkylation sites (tertiary alicyclic amines) is 1. The van der Waals surface area contributed by atoms with E-state index in [1.165, 1.54) is 18.4 Å². The summed E-state index contributed by atoms with van der Waals surface area (Å²) in [6.45, 7) is 5.74. The molecule has 1 fully saturated rings. The third-order valence-corrected chi connectivity index (χ3v) is 6.81. The number of guanidine groups is 1. The minimum atomic E-state index is 0. The Morgan fingerprint density at radius 1 is 1.31 bits per heavy atom. The number of ether oxygens (including phenoxy) is 2. The molecule has 2 aromatic rings. The Morgan fingerprint density at radius 2 is 2.06 bits per heavy atom. The van der Waals surface area contributed by atoms with Crippen LogP contribution in [0.3, 0.4) is 0 Å². The molecule has 0 amide bonds. The third kappa shape index (κ3) is 7.03. The van der Waals surface area contributed by atoms with E-state index in [1.54, 1.807) is 25.6 Å². The number of halogens is 1. The lowest BCUT2D eigenvalue weighted by atomic mass is 10.1. The average molecular weight is 574 g/mol. The molecule has 1 aliphatic rings. The van der Waals surface area contributed by atoms with Crippen LogP contribution in [-0.2, 0) is 11.3 Å². The predicted molar refractivity (Wildman–Crippen MR) is 142 cm³/mol. The molecule has 2 unspecified atom stereocenters. The third-order valence-electron chi connectivity index (χ3n) is 5.76. The molecule has 0 spiro atoms. The largest absolute Gasteiger partial charge is 0.497 e. The van der Waals surface area contributed by atoms with Crippen molar-refractivity contribution in [2.75, 3.05) is 47.9 Å². The number of hydrogen-bond donors (Lipinski definition) is 1. The number of thiazole rings is 1. The van der Waals surface area contributed by atoms with Gasteiger partial charge in [-0.15, -0.1) is 35.3 Å². The molecule has 0 radical (unpaired) electrons. The smallest absolute Gasteiger partial charge is 0.193 e. The monoisotopic (exact) mass is 573 g/mol. The second-order valence-electron chi connectivity index (χ2n) is 7.87. The molecular weight excluding hydrogens is 537 g/mol. The van der Waals surface area contributed by atoms with E-state index in [0.29, 0.717) is 6.54 Å². The fourth-order valence-electron chi connectivity index (χ4n) is 3.93. The summed E-state index contributed by atoms with van der Waals surface area (Å²) >= 11 is 1.64. The van der Waals surface area contributed by atoms with Crippen LogP contribution in [0.15, 0.2) is 34.6 Å². The normalized spacial score (nSPS) is 16.3. The van der Waals surface area contributed by atoms with Gasteiger partial charge in [0.05, 0.1) is 25.4 Å². The fourth-order valence-corrected chi connectivity index (χ4v) is 4.78. The van der Waals surface area contributed by atoms with Crippen molar-refractivity contribution in [2.45, 2.75) is 38.5 Å². The van der Waals surface area contributed by atoms with E-state index in [9.17, 15) is 0 Å². The van der Waals surface area contributed by atoms with Gasteiger partial charge in [-0.1, -0.05) is 12.1 Å². The minimum absolute atomic E-state index is 0. The van der Waals surface area contributed by atoms with Gasteiger partial charge in [0.1, 0.15) is 16.9 Å². The fraction of sp³-hybridized carbons (Fsp3) is 0.565. The molecule has 0 bridgehead atoms. The Bertz CT molecular complexity index is 856. The van der Waals surface area contributed by atoms with Crippen LogP contribution in [0, 0.1) is 0 Å². The number of nitrogens with zero attached hydrogens (tertiary/aromatic N) is 4. The van der Waals surface area contributed by atoms with Crippen molar-refractivity contribution < 1.29 is 9.47 Å². The maximum atomic E-state index is 5.46. The van der Waals surface area contributed by atoms with Crippen LogP contribution < -0.4 is 10.1 Å². The maximum Gasteiger partial charge on any atom is 0.193 e. The van der Waals surface area contributed by atoms with Crippen LogP contribution in [0.2, 0.25) is 0 Å². The van der Waals surface area contributed by atoms with Crippen molar-refractivity contribution in [1.82, 2.24) is 20.1 Å². The molecule has 7 nitrogen and oxygen atoms in total. The molecule has 2 atom stereocenters. The Hall–Kier alpha value is -1.43. The Labute approximate surface area is 213 Å². The number of aliphatic imine (C=N–C) groups is 1. The van der Waals surface area contributed by atoms with Crippen LogP contribution in [0.4, 0.5) is 0 Å². The summed E-state index contributed by atoms with van der Waals surface area (Å²) in [5.41, 5.74) is 2.29. The van der Waals surface area contributed by atoms with Crippen LogP contribution in [0.5, 0.6) is 5.75 Å². The first-order valence-electron chi connectivity index (χ1n) is 10.8. The Balaban J connectivity index is 0.00000363. The highest BCUT2D eigenvalue weighted by Gasteiger charge is 2.24. The summed E-state index contributed by atoms with van der Waals surface area (Å²) in [6.07, 6.45) is 2.52. The molecular formula is C23H36IN5O2S. The van der Waals surface area contributed by atoms with Crippen LogP contribution in [-0.4, -0.2) is 68.7 Å². The molecule has 1 saturated heterocycles. The number of nitrogens with one attached hydrogen (secondary N) is 1. The first-order valence-corrected chi connectivity index (χ1v) is 11.7. The number of methoxy groups -OCH3 is 2. The van der Waals surface area contributed by atoms with Crippen molar-refractivity contribution >= 4 is 41.3 Å². The Kier molecular flexibility index (Phi) is 11.2. The van der Waals surface area contributed by atoms with E-state index in [-0.39, 0.29) is 36.1 Å². The first-order chi connectivity index (χ1) is 15.0. The van der Waals surface area contributed by atoms with Gasteiger partial charge in [-0.25, -0.2) is 4.98 Å². The van der Waals surface area contributed by atoms with Gasteiger partial charge in [0.2, 0.25) is 0 Å². The van der Waals surface area contributed by atoms with E-state index >= 15 is 0 Å². The van der Waals surface area contributed by atoms with Gasteiger partial charge in [-0.2, -0.15) is 0 Å². The van der Waals surface area contributed by atoms with E-state index in [1.807, 2.05) is 27.1 Å². The Morgan fingerprint density at radius 3 is 2.72 bits per heavy atom. The van der Waals surface area contributed by atoms with E-state index in [4.69, 9.17) is 14.5 Å². The lowest BCUT2D eigenvalue weighted by molar-refractivity contribution is 0.119. The number of aromatic nitrogens is 1. The highest BCUT2D eigenvalue weighted by Crippen LogP contribution is 2.27. The molecule has 0 aliphatic carbocycles. The minimum Gasteiger partial charge on any atom is -0.497 e. The maximum absolute atomic E-state index is 5.46. The second-order valence-corrected chi connectivity index (χ2v) is 8.76.